The lowest BCUT2D eigenvalue weighted by atomic mass is 10.2. The van der Waals surface area contributed by atoms with Gasteiger partial charge in [-0.25, -0.2) is 4.79 Å². The van der Waals surface area contributed by atoms with Crippen LogP contribution in [-0.4, -0.2) is 45.8 Å². The predicted molar refractivity (Wildman–Crippen MR) is 79.8 cm³/mol. The van der Waals surface area contributed by atoms with Crippen molar-refractivity contribution in [3.63, 3.8) is 0 Å². The molecule has 22 heavy (non-hydrogen) atoms. The molecule has 1 aromatic carbocycles. The monoisotopic (exact) mass is 312 g/mol. The molecule has 0 saturated carbocycles. The van der Waals surface area contributed by atoms with Crippen LogP contribution in [0, 0.1) is 5.41 Å². The molecule has 0 aliphatic heterocycles. The Morgan fingerprint density at radius 2 is 1.86 bits per heavy atom. The third-order valence-corrected chi connectivity index (χ3v) is 2.46. The summed E-state index contributed by atoms with van der Waals surface area (Å²) in [5, 5.41) is 35.0. The van der Waals surface area contributed by atoms with Crippen molar-refractivity contribution in [1.82, 2.24) is 5.32 Å². The van der Waals surface area contributed by atoms with Gasteiger partial charge in [-0.2, -0.15) is 0 Å². The summed E-state index contributed by atoms with van der Waals surface area (Å²) in [6, 6.07) is 4.99. The lowest BCUT2D eigenvalue weighted by molar-refractivity contribution is -0.138. The van der Waals surface area contributed by atoms with E-state index in [0.29, 0.717) is 19.4 Å². The van der Waals surface area contributed by atoms with Crippen molar-refractivity contribution in [2.24, 2.45) is 11.5 Å². The molecular weight excluding hydrogens is 292 g/mol. The van der Waals surface area contributed by atoms with E-state index in [0.717, 1.165) is 0 Å². The Morgan fingerprint density at radius 1 is 1.27 bits per heavy atom. The summed E-state index contributed by atoms with van der Waals surface area (Å²) in [5.41, 5.74) is 10.1. The standard InChI is InChI=1S/C7H6O3.C6H14N4O2/c8-6-4-2-1-3-5(6)7(9)10;7-4(5(11)12)2-1-3-10-6(8)9/h1-4,8H,(H,9,10);4H,1-3,7H2,(H,11,12)(H4,8,9,10). The second-order valence-electron chi connectivity index (χ2n) is 4.25. The number of carboxylic acid groups (broad SMARTS) is 2. The Bertz CT molecular complexity index is 521. The molecule has 0 aliphatic rings. The van der Waals surface area contributed by atoms with Gasteiger partial charge in [0.1, 0.15) is 17.4 Å². The van der Waals surface area contributed by atoms with Gasteiger partial charge in [-0.3, -0.25) is 10.2 Å². The highest BCUT2D eigenvalue weighted by atomic mass is 16.4. The number of benzene rings is 1. The van der Waals surface area contributed by atoms with Crippen LogP contribution in [0.15, 0.2) is 24.3 Å². The van der Waals surface area contributed by atoms with Crippen molar-refractivity contribution in [2.45, 2.75) is 18.9 Å². The Morgan fingerprint density at radius 3 is 2.27 bits per heavy atom. The van der Waals surface area contributed by atoms with Gasteiger partial charge in [0.2, 0.25) is 0 Å². The van der Waals surface area contributed by atoms with Gasteiger partial charge in [0, 0.05) is 6.54 Å². The minimum absolute atomic E-state index is 0.0671. The zero-order chi connectivity index (χ0) is 17.1. The zero-order valence-electron chi connectivity index (χ0n) is 11.8. The largest absolute Gasteiger partial charge is 0.507 e. The Kier molecular flexibility index (Phi) is 8.72. The van der Waals surface area contributed by atoms with Gasteiger partial charge in [0.15, 0.2) is 5.96 Å². The van der Waals surface area contributed by atoms with Crippen LogP contribution in [0.2, 0.25) is 0 Å². The highest BCUT2D eigenvalue weighted by Crippen LogP contribution is 2.14. The Balaban J connectivity index is 0.000000406. The number of phenols is 1. The van der Waals surface area contributed by atoms with Gasteiger partial charge in [-0.1, -0.05) is 12.1 Å². The normalized spacial score (nSPS) is 10.8. The topological polar surface area (TPSA) is 183 Å². The second-order valence-corrected chi connectivity index (χ2v) is 4.25. The number of para-hydroxylation sites is 1. The van der Waals surface area contributed by atoms with E-state index in [1.165, 1.54) is 12.1 Å². The van der Waals surface area contributed by atoms with Gasteiger partial charge in [0.25, 0.3) is 0 Å². The molecule has 0 fully saturated rings. The number of hydrogen-bond acceptors (Lipinski definition) is 5. The Labute approximate surface area is 127 Å². The summed E-state index contributed by atoms with van der Waals surface area (Å²) in [5.74, 6) is -2.43. The van der Waals surface area contributed by atoms with Crippen molar-refractivity contribution in [3.8, 4) is 5.75 Å². The quantitative estimate of drug-likeness (QED) is 0.213. The molecule has 1 aromatic rings. The number of hydrogen-bond donors (Lipinski definition) is 7. The zero-order valence-corrected chi connectivity index (χ0v) is 11.8. The van der Waals surface area contributed by atoms with Gasteiger partial charge in [-0.15, -0.1) is 0 Å². The van der Waals surface area contributed by atoms with E-state index in [9.17, 15) is 9.59 Å². The van der Waals surface area contributed by atoms with Crippen LogP contribution in [0.4, 0.5) is 0 Å². The smallest absolute Gasteiger partial charge is 0.339 e. The van der Waals surface area contributed by atoms with Crippen LogP contribution in [0.1, 0.15) is 23.2 Å². The van der Waals surface area contributed by atoms with E-state index in [2.05, 4.69) is 5.32 Å². The molecule has 9 N–H and O–H groups in total. The molecule has 0 heterocycles. The maximum atomic E-state index is 10.3. The first-order chi connectivity index (χ1) is 10.3. The average molecular weight is 312 g/mol. The highest BCUT2D eigenvalue weighted by Gasteiger charge is 2.09. The highest BCUT2D eigenvalue weighted by molar-refractivity contribution is 5.90. The molecule has 0 bridgehead atoms. The van der Waals surface area contributed by atoms with Crippen LogP contribution >= 0.6 is 0 Å². The van der Waals surface area contributed by atoms with Gasteiger partial charge in [-0.05, 0) is 25.0 Å². The molecule has 1 unspecified atom stereocenters. The molecule has 0 amide bonds. The molecule has 1 atom stereocenters. The number of guanidine groups is 1. The molecule has 9 heteroatoms. The summed E-state index contributed by atoms with van der Waals surface area (Å²) in [6.07, 6.45) is 0.975. The van der Waals surface area contributed by atoms with E-state index in [1.54, 1.807) is 12.1 Å². The van der Waals surface area contributed by atoms with E-state index >= 15 is 0 Å². The molecule has 0 aliphatic carbocycles. The van der Waals surface area contributed by atoms with Crippen LogP contribution in [-0.2, 0) is 4.79 Å². The van der Waals surface area contributed by atoms with E-state index in [4.69, 9.17) is 32.2 Å². The third-order valence-electron chi connectivity index (χ3n) is 2.46. The van der Waals surface area contributed by atoms with Crippen molar-refractivity contribution >= 4 is 17.9 Å². The summed E-state index contributed by atoms with van der Waals surface area (Å²) in [7, 11) is 0. The van der Waals surface area contributed by atoms with E-state index in [-0.39, 0.29) is 17.3 Å². The second kappa shape index (κ2) is 10.00. The average Bonchev–Trinajstić information content (AvgIpc) is 2.44. The lowest BCUT2D eigenvalue weighted by Crippen LogP contribution is -2.34. The number of carbonyl (C=O) groups is 2. The van der Waals surface area contributed by atoms with Crippen LogP contribution < -0.4 is 16.8 Å². The van der Waals surface area contributed by atoms with Crippen molar-refractivity contribution < 1.29 is 24.9 Å². The van der Waals surface area contributed by atoms with Gasteiger partial charge >= 0.3 is 11.9 Å². The molecule has 0 radical (unpaired) electrons. The Hall–Kier alpha value is -2.81. The fourth-order valence-corrected chi connectivity index (χ4v) is 1.32. The molecular formula is C13H20N4O5. The first-order valence-electron chi connectivity index (χ1n) is 6.33. The molecule has 0 saturated heterocycles. The number of rotatable bonds is 6. The molecule has 0 spiro atoms. The van der Waals surface area contributed by atoms with Crippen LogP contribution in [0.3, 0.4) is 0 Å². The lowest BCUT2D eigenvalue weighted by Gasteiger charge is -2.06. The minimum atomic E-state index is -1.11. The predicted octanol–water partition coefficient (Wildman–Crippen LogP) is -0.248. The third kappa shape index (κ3) is 8.38. The van der Waals surface area contributed by atoms with Crippen LogP contribution in [0.25, 0.3) is 0 Å². The van der Waals surface area contributed by atoms with E-state index in [1.807, 2.05) is 0 Å². The van der Waals surface area contributed by atoms with Crippen molar-refractivity contribution in [3.05, 3.63) is 29.8 Å². The molecule has 122 valence electrons. The van der Waals surface area contributed by atoms with Crippen molar-refractivity contribution in [2.75, 3.05) is 6.54 Å². The SMILES string of the molecule is N=C(N)NCCCC(N)C(=O)O.O=C(O)c1ccccc1O. The number of nitrogens with two attached hydrogens (primary N) is 2. The van der Waals surface area contributed by atoms with E-state index < -0.39 is 18.0 Å². The summed E-state index contributed by atoms with van der Waals surface area (Å²) < 4.78 is 0. The maximum absolute atomic E-state index is 10.3. The fourth-order valence-electron chi connectivity index (χ4n) is 1.32. The molecule has 1 rings (SSSR count). The first-order valence-corrected chi connectivity index (χ1v) is 6.33. The number of nitrogens with one attached hydrogen (secondary N) is 2. The number of aromatic hydroxyl groups is 1. The molecule has 9 nitrogen and oxygen atoms in total. The number of aromatic carboxylic acids is 1. The van der Waals surface area contributed by atoms with Gasteiger partial charge < -0.3 is 32.1 Å². The number of carboxylic acids is 2. The summed E-state index contributed by atoms with van der Waals surface area (Å²) in [4.78, 5) is 20.5. The summed E-state index contributed by atoms with van der Waals surface area (Å²) in [6.45, 7) is 0.482. The minimum Gasteiger partial charge on any atom is -0.507 e. The van der Waals surface area contributed by atoms with Crippen molar-refractivity contribution in [1.29, 1.82) is 5.41 Å². The first kappa shape index (κ1) is 19.2. The fraction of sp³-hybridized carbons (Fsp3) is 0.308. The number of aliphatic carboxylic acids is 1. The summed E-state index contributed by atoms with van der Waals surface area (Å²) >= 11 is 0. The van der Waals surface area contributed by atoms with Gasteiger partial charge in [0.05, 0.1) is 0 Å². The maximum Gasteiger partial charge on any atom is 0.339 e. The van der Waals surface area contributed by atoms with Crippen LogP contribution in [0.5, 0.6) is 5.75 Å². The molecule has 0 aromatic heterocycles.